The number of amides is 2. The van der Waals surface area contributed by atoms with E-state index in [1.54, 1.807) is 25.1 Å². The van der Waals surface area contributed by atoms with Gasteiger partial charge in [0.1, 0.15) is 5.75 Å². The Kier molecular flexibility index (Phi) is 6.13. The van der Waals surface area contributed by atoms with Crippen LogP contribution in [0.15, 0.2) is 35.1 Å². The molecule has 1 aromatic carbocycles. The number of nitrogens with one attached hydrogen (secondary N) is 2. The van der Waals surface area contributed by atoms with Gasteiger partial charge in [0, 0.05) is 31.0 Å². The van der Waals surface area contributed by atoms with Crippen LogP contribution in [0, 0.1) is 13.8 Å². The Morgan fingerprint density at radius 1 is 1.28 bits per heavy atom. The Morgan fingerprint density at radius 3 is 2.72 bits per heavy atom. The summed E-state index contributed by atoms with van der Waals surface area (Å²) in [7, 11) is 0. The van der Waals surface area contributed by atoms with Crippen molar-refractivity contribution >= 4 is 6.03 Å². The number of carbonyl (C=O) groups excluding carboxylic acids is 1. The predicted octanol–water partition coefficient (Wildman–Crippen LogP) is 0.599. The maximum absolute atomic E-state index is 11.8. The van der Waals surface area contributed by atoms with Crippen LogP contribution in [0.3, 0.4) is 0 Å². The maximum atomic E-state index is 11.8. The molecule has 0 saturated carbocycles. The van der Waals surface area contributed by atoms with Crippen molar-refractivity contribution < 1.29 is 15.0 Å². The van der Waals surface area contributed by atoms with Gasteiger partial charge in [-0.3, -0.25) is 4.57 Å². The lowest BCUT2D eigenvalue weighted by Crippen LogP contribution is -2.40. The number of carbonyl (C=O) groups is 1. The Morgan fingerprint density at radius 2 is 2.04 bits per heavy atom. The highest BCUT2D eigenvalue weighted by Gasteiger charge is 2.10. The number of benzene rings is 1. The number of aryl methyl sites for hydroxylation is 2. The molecule has 2 rings (SSSR count). The lowest BCUT2D eigenvalue weighted by molar-refractivity contribution is 0.173. The molecule has 1 aromatic heterocycles. The second-order valence-corrected chi connectivity index (χ2v) is 5.72. The molecule has 1 heterocycles. The summed E-state index contributed by atoms with van der Waals surface area (Å²) in [4.78, 5) is 27.4. The van der Waals surface area contributed by atoms with Crippen molar-refractivity contribution in [2.24, 2.45) is 0 Å². The van der Waals surface area contributed by atoms with Gasteiger partial charge in [-0.15, -0.1) is 0 Å². The Labute approximate surface area is 145 Å². The first-order valence-electron chi connectivity index (χ1n) is 7.90. The Hall–Kier alpha value is -2.87. The minimum atomic E-state index is -0.927. The standard InChI is InChI=1S/C17H22N4O4/c1-11-8-12(2)21(17(25)20-11)7-6-18-16(24)19-10-15(23)13-4-3-5-14(22)9-13/h3-5,8-9,15,22-23H,6-7,10H2,1-2H3,(H2,18,19,24). The fourth-order valence-electron chi connectivity index (χ4n) is 2.43. The molecule has 8 nitrogen and oxygen atoms in total. The van der Waals surface area contributed by atoms with Gasteiger partial charge in [0.25, 0.3) is 0 Å². The summed E-state index contributed by atoms with van der Waals surface area (Å²) in [5.74, 6) is 0.0496. The van der Waals surface area contributed by atoms with Gasteiger partial charge < -0.3 is 20.8 Å². The zero-order chi connectivity index (χ0) is 18.4. The molecule has 0 saturated heterocycles. The number of aliphatic hydroxyl groups excluding tert-OH is 1. The van der Waals surface area contributed by atoms with Crippen LogP contribution in [0.25, 0.3) is 0 Å². The average Bonchev–Trinajstić information content (AvgIpc) is 2.55. The second kappa shape index (κ2) is 8.29. The molecule has 8 heteroatoms. The minimum Gasteiger partial charge on any atom is -0.508 e. The summed E-state index contributed by atoms with van der Waals surface area (Å²) < 4.78 is 1.48. The molecule has 0 radical (unpaired) electrons. The fourth-order valence-corrected chi connectivity index (χ4v) is 2.43. The largest absolute Gasteiger partial charge is 0.508 e. The SMILES string of the molecule is Cc1cc(C)n(CCNC(=O)NCC(O)c2cccc(O)c2)c(=O)n1. The second-order valence-electron chi connectivity index (χ2n) is 5.72. The van der Waals surface area contributed by atoms with Gasteiger partial charge >= 0.3 is 11.7 Å². The van der Waals surface area contributed by atoms with E-state index in [9.17, 15) is 19.8 Å². The number of aliphatic hydroxyl groups is 1. The van der Waals surface area contributed by atoms with E-state index < -0.39 is 12.1 Å². The number of hydrogen-bond donors (Lipinski definition) is 4. The monoisotopic (exact) mass is 346 g/mol. The van der Waals surface area contributed by atoms with E-state index in [0.29, 0.717) is 17.8 Å². The van der Waals surface area contributed by atoms with E-state index in [4.69, 9.17) is 0 Å². The summed E-state index contributed by atoms with van der Waals surface area (Å²) in [6.07, 6.45) is -0.927. The van der Waals surface area contributed by atoms with Crippen LogP contribution in [-0.4, -0.2) is 38.9 Å². The highest BCUT2D eigenvalue weighted by atomic mass is 16.3. The van der Waals surface area contributed by atoms with Crippen molar-refractivity contribution in [1.29, 1.82) is 0 Å². The molecular formula is C17H22N4O4. The van der Waals surface area contributed by atoms with Gasteiger partial charge in [-0.25, -0.2) is 9.59 Å². The molecule has 0 aliphatic carbocycles. The average molecular weight is 346 g/mol. The molecule has 25 heavy (non-hydrogen) atoms. The van der Waals surface area contributed by atoms with E-state index in [1.807, 2.05) is 6.92 Å². The van der Waals surface area contributed by atoms with Crippen molar-refractivity contribution in [3.05, 3.63) is 57.8 Å². The van der Waals surface area contributed by atoms with Crippen LogP contribution in [0.5, 0.6) is 5.75 Å². The third-order valence-corrected chi connectivity index (χ3v) is 3.68. The number of phenolic OH excluding ortho intramolecular Hbond substituents is 1. The molecule has 0 bridgehead atoms. The van der Waals surface area contributed by atoms with Gasteiger partial charge in [-0.05, 0) is 37.6 Å². The van der Waals surface area contributed by atoms with Gasteiger partial charge in [0.05, 0.1) is 6.10 Å². The fraction of sp³-hybridized carbons (Fsp3) is 0.353. The molecule has 4 N–H and O–H groups in total. The summed E-state index contributed by atoms with van der Waals surface area (Å²) in [5.41, 5.74) is 1.59. The third kappa shape index (κ3) is 5.32. The van der Waals surface area contributed by atoms with Crippen LogP contribution in [0.2, 0.25) is 0 Å². The van der Waals surface area contributed by atoms with Crippen molar-refractivity contribution in [2.45, 2.75) is 26.5 Å². The Bertz CT molecular complexity index is 803. The highest BCUT2D eigenvalue weighted by Crippen LogP contribution is 2.17. The number of phenols is 1. The predicted molar refractivity (Wildman–Crippen MR) is 92.4 cm³/mol. The van der Waals surface area contributed by atoms with E-state index in [0.717, 1.165) is 5.69 Å². The number of hydrogen-bond acceptors (Lipinski definition) is 5. The van der Waals surface area contributed by atoms with E-state index >= 15 is 0 Å². The normalized spacial score (nSPS) is 11.8. The number of aromatic nitrogens is 2. The molecule has 134 valence electrons. The topological polar surface area (TPSA) is 116 Å². The molecule has 0 aliphatic rings. The zero-order valence-electron chi connectivity index (χ0n) is 14.2. The molecule has 2 aromatic rings. The molecular weight excluding hydrogens is 324 g/mol. The van der Waals surface area contributed by atoms with Crippen molar-refractivity contribution in [3.63, 3.8) is 0 Å². The number of urea groups is 1. The first-order chi connectivity index (χ1) is 11.9. The molecule has 0 fully saturated rings. The molecule has 1 unspecified atom stereocenters. The summed E-state index contributed by atoms with van der Waals surface area (Å²) in [6, 6.07) is 7.55. The van der Waals surface area contributed by atoms with E-state index in [2.05, 4.69) is 15.6 Å². The summed E-state index contributed by atoms with van der Waals surface area (Å²) in [5, 5.41) is 24.5. The first kappa shape index (κ1) is 18.5. The summed E-state index contributed by atoms with van der Waals surface area (Å²) >= 11 is 0. The van der Waals surface area contributed by atoms with E-state index in [1.165, 1.54) is 16.7 Å². The van der Waals surface area contributed by atoms with Crippen LogP contribution < -0.4 is 16.3 Å². The van der Waals surface area contributed by atoms with Gasteiger partial charge in [-0.2, -0.15) is 4.98 Å². The zero-order valence-corrected chi connectivity index (χ0v) is 14.2. The Balaban J connectivity index is 1.79. The molecule has 0 aliphatic heterocycles. The lowest BCUT2D eigenvalue weighted by Gasteiger charge is -2.14. The quantitative estimate of drug-likeness (QED) is 0.611. The van der Waals surface area contributed by atoms with Crippen molar-refractivity contribution in [3.8, 4) is 5.75 Å². The number of aromatic hydroxyl groups is 1. The van der Waals surface area contributed by atoms with Crippen LogP contribution in [0.4, 0.5) is 4.79 Å². The van der Waals surface area contributed by atoms with Crippen molar-refractivity contribution in [2.75, 3.05) is 13.1 Å². The maximum Gasteiger partial charge on any atom is 0.348 e. The van der Waals surface area contributed by atoms with Crippen molar-refractivity contribution in [1.82, 2.24) is 20.2 Å². The smallest absolute Gasteiger partial charge is 0.348 e. The number of nitrogens with zero attached hydrogens (tertiary/aromatic N) is 2. The van der Waals surface area contributed by atoms with Crippen LogP contribution in [0.1, 0.15) is 23.1 Å². The van der Waals surface area contributed by atoms with Gasteiger partial charge in [-0.1, -0.05) is 12.1 Å². The minimum absolute atomic E-state index is 0.000347. The lowest BCUT2D eigenvalue weighted by atomic mass is 10.1. The van der Waals surface area contributed by atoms with Gasteiger partial charge in [0.15, 0.2) is 0 Å². The van der Waals surface area contributed by atoms with Crippen LogP contribution >= 0.6 is 0 Å². The summed E-state index contributed by atoms with van der Waals surface area (Å²) in [6.45, 7) is 4.12. The molecule has 0 spiro atoms. The molecule has 1 atom stereocenters. The first-order valence-corrected chi connectivity index (χ1v) is 7.90. The van der Waals surface area contributed by atoms with E-state index in [-0.39, 0.29) is 24.5 Å². The highest BCUT2D eigenvalue weighted by molar-refractivity contribution is 5.73. The molecule has 2 amide bonds. The number of rotatable bonds is 6. The third-order valence-electron chi connectivity index (χ3n) is 3.68. The van der Waals surface area contributed by atoms with Crippen LogP contribution in [-0.2, 0) is 6.54 Å². The van der Waals surface area contributed by atoms with Gasteiger partial charge in [0.2, 0.25) is 0 Å².